The lowest BCUT2D eigenvalue weighted by Gasteiger charge is -2.19. The first-order chi connectivity index (χ1) is 6.30. The Balaban J connectivity index is 3.21. The second kappa shape index (κ2) is 3.85. The Morgan fingerprint density at radius 1 is 1.21 bits per heavy atom. The highest BCUT2D eigenvalue weighted by Gasteiger charge is 2.18. The standard InChI is InChI=1S/C11H17ClN2/c1-7(2)10-13-8(11(3,4)5)6-9(12)14-10/h6-7H,1-5H3. The monoisotopic (exact) mass is 212 g/mol. The number of nitrogens with zero attached hydrogens (tertiary/aromatic N) is 2. The van der Waals surface area contributed by atoms with E-state index in [-0.39, 0.29) is 5.41 Å². The third-order valence-corrected chi connectivity index (χ3v) is 2.19. The van der Waals surface area contributed by atoms with Crippen LogP contribution in [0.25, 0.3) is 0 Å². The van der Waals surface area contributed by atoms with Gasteiger partial charge in [-0.25, -0.2) is 9.97 Å². The van der Waals surface area contributed by atoms with Crippen LogP contribution in [0.4, 0.5) is 0 Å². The minimum Gasteiger partial charge on any atom is -0.237 e. The van der Waals surface area contributed by atoms with Crippen molar-refractivity contribution in [1.29, 1.82) is 0 Å². The summed E-state index contributed by atoms with van der Waals surface area (Å²) >= 11 is 5.95. The Morgan fingerprint density at radius 3 is 2.21 bits per heavy atom. The Hall–Kier alpha value is -0.630. The summed E-state index contributed by atoms with van der Waals surface area (Å²) in [4.78, 5) is 8.71. The molecule has 78 valence electrons. The summed E-state index contributed by atoms with van der Waals surface area (Å²) in [7, 11) is 0. The highest BCUT2D eigenvalue weighted by atomic mass is 35.5. The number of hydrogen-bond donors (Lipinski definition) is 0. The zero-order chi connectivity index (χ0) is 10.9. The predicted molar refractivity (Wildman–Crippen MR) is 59.8 cm³/mol. The summed E-state index contributed by atoms with van der Waals surface area (Å²) in [5, 5.41) is 0.536. The third-order valence-electron chi connectivity index (χ3n) is 2.00. The van der Waals surface area contributed by atoms with Gasteiger partial charge in [-0.3, -0.25) is 0 Å². The van der Waals surface area contributed by atoms with E-state index >= 15 is 0 Å². The zero-order valence-electron chi connectivity index (χ0n) is 9.43. The van der Waals surface area contributed by atoms with Gasteiger partial charge in [-0.2, -0.15) is 0 Å². The molecule has 0 saturated heterocycles. The second-order valence-corrected chi connectivity index (χ2v) is 5.23. The van der Waals surface area contributed by atoms with Crippen LogP contribution in [0.15, 0.2) is 6.07 Å². The molecule has 0 aliphatic rings. The smallest absolute Gasteiger partial charge is 0.133 e. The highest BCUT2D eigenvalue weighted by molar-refractivity contribution is 6.29. The van der Waals surface area contributed by atoms with Crippen LogP contribution in [0.1, 0.15) is 52.1 Å². The van der Waals surface area contributed by atoms with Gasteiger partial charge in [-0.15, -0.1) is 0 Å². The van der Waals surface area contributed by atoms with Crippen molar-refractivity contribution in [2.75, 3.05) is 0 Å². The summed E-state index contributed by atoms with van der Waals surface area (Å²) in [6.07, 6.45) is 0. The summed E-state index contributed by atoms with van der Waals surface area (Å²) in [6.45, 7) is 10.5. The summed E-state index contributed by atoms with van der Waals surface area (Å²) < 4.78 is 0. The molecule has 0 amide bonds. The topological polar surface area (TPSA) is 25.8 Å². The fraction of sp³-hybridized carbons (Fsp3) is 0.636. The third kappa shape index (κ3) is 2.68. The molecule has 1 aromatic rings. The Labute approximate surface area is 90.7 Å². The van der Waals surface area contributed by atoms with Crippen LogP contribution in [0.2, 0.25) is 5.15 Å². The lowest BCUT2D eigenvalue weighted by atomic mass is 9.92. The quantitative estimate of drug-likeness (QED) is 0.666. The molecule has 0 unspecified atom stereocenters. The van der Waals surface area contributed by atoms with E-state index in [0.717, 1.165) is 11.5 Å². The van der Waals surface area contributed by atoms with Crippen LogP contribution in [0, 0.1) is 0 Å². The van der Waals surface area contributed by atoms with Gasteiger partial charge in [0, 0.05) is 11.3 Å². The van der Waals surface area contributed by atoms with Crippen molar-refractivity contribution < 1.29 is 0 Å². The molecular weight excluding hydrogens is 196 g/mol. The lowest BCUT2D eigenvalue weighted by Crippen LogP contribution is -2.15. The Kier molecular flexibility index (Phi) is 3.15. The van der Waals surface area contributed by atoms with Crippen molar-refractivity contribution >= 4 is 11.6 Å². The minimum atomic E-state index is 0.0240. The molecule has 1 aromatic heterocycles. The largest absolute Gasteiger partial charge is 0.237 e. The Bertz CT molecular complexity index is 327. The summed E-state index contributed by atoms with van der Waals surface area (Å²) in [5.74, 6) is 1.14. The average Bonchev–Trinajstić information content (AvgIpc) is 2.01. The van der Waals surface area contributed by atoms with Gasteiger partial charge in [0.2, 0.25) is 0 Å². The van der Waals surface area contributed by atoms with Gasteiger partial charge in [-0.05, 0) is 6.07 Å². The molecule has 0 atom stereocenters. The maximum atomic E-state index is 5.95. The van der Waals surface area contributed by atoms with Gasteiger partial charge in [0.25, 0.3) is 0 Å². The van der Waals surface area contributed by atoms with E-state index in [9.17, 15) is 0 Å². The Morgan fingerprint density at radius 2 is 1.79 bits per heavy atom. The zero-order valence-corrected chi connectivity index (χ0v) is 10.2. The molecule has 14 heavy (non-hydrogen) atoms. The maximum Gasteiger partial charge on any atom is 0.133 e. The van der Waals surface area contributed by atoms with Crippen LogP contribution in [-0.2, 0) is 5.41 Å². The molecule has 0 N–H and O–H groups in total. The maximum absolute atomic E-state index is 5.95. The second-order valence-electron chi connectivity index (χ2n) is 4.84. The van der Waals surface area contributed by atoms with Gasteiger partial charge >= 0.3 is 0 Å². The van der Waals surface area contributed by atoms with E-state index in [0.29, 0.717) is 11.1 Å². The van der Waals surface area contributed by atoms with Crippen LogP contribution in [-0.4, -0.2) is 9.97 Å². The molecule has 1 rings (SSSR count). The normalized spacial score (nSPS) is 12.2. The molecule has 0 saturated carbocycles. The molecule has 1 heterocycles. The number of halogens is 1. The molecular formula is C11H17ClN2. The van der Waals surface area contributed by atoms with E-state index < -0.39 is 0 Å². The fourth-order valence-corrected chi connectivity index (χ4v) is 1.27. The molecule has 0 bridgehead atoms. The van der Waals surface area contributed by atoms with Crippen molar-refractivity contribution in [3.63, 3.8) is 0 Å². The predicted octanol–water partition coefficient (Wildman–Crippen LogP) is 3.55. The van der Waals surface area contributed by atoms with Gasteiger partial charge in [-0.1, -0.05) is 46.2 Å². The lowest BCUT2D eigenvalue weighted by molar-refractivity contribution is 0.558. The summed E-state index contributed by atoms with van der Waals surface area (Å²) in [6, 6.07) is 1.84. The fourth-order valence-electron chi connectivity index (χ4n) is 1.08. The minimum absolute atomic E-state index is 0.0240. The van der Waals surface area contributed by atoms with Gasteiger partial charge in [0.15, 0.2) is 0 Å². The van der Waals surface area contributed by atoms with Crippen LogP contribution < -0.4 is 0 Å². The first kappa shape index (κ1) is 11.4. The van der Waals surface area contributed by atoms with Crippen LogP contribution >= 0.6 is 11.6 Å². The molecule has 0 radical (unpaired) electrons. The molecule has 0 aromatic carbocycles. The first-order valence-corrected chi connectivity index (χ1v) is 5.23. The van der Waals surface area contributed by atoms with Gasteiger partial charge in [0.1, 0.15) is 11.0 Å². The van der Waals surface area contributed by atoms with Crippen molar-refractivity contribution in [2.45, 2.75) is 46.0 Å². The van der Waals surface area contributed by atoms with E-state index in [1.165, 1.54) is 0 Å². The van der Waals surface area contributed by atoms with E-state index in [2.05, 4.69) is 44.6 Å². The van der Waals surface area contributed by atoms with Crippen LogP contribution in [0.3, 0.4) is 0 Å². The molecule has 0 spiro atoms. The number of rotatable bonds is 1. The highest BCUT2D eigenvalue weighted by Crippen LogP contribution is 2.23. The van der Waals surface area contributed by atoms with E-state index in [1.54, 1.807) is 0 Å². The first-order valence-electron chi connectivity index (χ1n) is 4.85. The summed E-state index contributed by atoms with van der Waals surface area (Å²) in [5.41, 5.74) is 1.03. The average molecular weight is 213 g/mol. The molecule has 3 heteroatoms. The van der Waals surface area contributed by atoms with Crippen molar-refractivity contribution in [2.24, 2.45) is 0 Å². The number of aromatic nitrogens is 2. The van der Waals surface area contributed by atoms with Crippen LogP contribution in [0.5, 0.6) is 0 Å². The molecule has 0 aliphatic carbocycles. The molecule has 0 fully saturated rings. The van der Waals surface area contributed by atoms with Crippen molar-refractivity contribution in [3.05, 3.63) is 22.7 Å². The number of hydrogen-bond acceptors (Lipinski definition) is 2. The van der Waals surface area contributed by atoms with Gasteiger partial charge < -0.3 is 0 Å². The van der Waals surface area contributed by atoms with Crippen molar-refractivity contribution in [1.82, 2.24) is 9.97 Å². The van der Waals surface area contributed by atoms with Gasteiger partial charge in [0.05, 0.1) is 5.69 Å². The molecule has 2 nitrogen and oxygen atoms in total. The van der Waals surface area contributed by atoms with E-state index in [1.807, 2.05) is 6.07 Å². The SMILES string of the molecule is CC(C)c1nc(Cl)cc(C(C)(C)C)n1. The molecule has 0 aliphatic heterocycles. The van der Waals surface area contributed by atoms with Crippen molar-refractivity contribution in [3.8, 4) is 0 Å². The van der Waals surface area contributed by atoms with E-state index in [4.69, 9.17) is 11.6 Å².